The van der Waals surface area contributed by atoms with Crippen LogP contribution in [0.2, 0.25) is 0 Å². The van der Waals surface area contributed by atoms with Crippen molar-refractivity contribution >= 4 is 33.7 Å². The van der Waals surface area contributed by atoms with Crippen molar-refractivity contribution in [2.45, 2.75) is 36.0 Å². The van der Waals surface area contributed by atoms with Gasteiger partial charge >= 0.3 is 11.9 Å². The number of aromatic amines is 2. The Morgan fingerprint density at radius 1 is 0.368 bits per heavy atom. The zero-order valence-corrected chi connectivity index (χ0v) is 37.4. The van der Waals surface area contributed by atoms with Crippen LogP contribution in [0.1, 0.15) is 44.5 Å². The van der Waals surface area contributed by atoms with Crippen molar-refractivity contribution in [3.63, 3.8) is 0 Å². The fourth-order valence-electron chi connectivity index (χ4n) is 9.59. The van der Waals surface area contributed by atoms with E-state index in [-0.39, 0.29) is 0 Å². The van der Waals surface area contributed by atoms with E-state index in [9.17, 15) is 19.8 Å². The lowest BCUT2D eigenvalue weighted by atomic mass is 9.76. The van der Waals surface area contributed by atoms with E-state index < -0.39 is 35.1 Å². The first-order valence-electron chi connectivity index (χ1n) is 22.8. The highest BCUT2D eigenvalue weighted by Gasteiger charge is 2.41. The molecule has 8 heteroatoms. The Labute approximate surface area is 396 Å². The summed E-state index contributed by atoms with van der Waals surface area (Å²) < 4.78 is 0. The van der Waals surface area contributed by atoms with E-state index >= 15 is 0 Å². The Bertz CT molecular complexity index is 2780. The normalized spacial score (nSPS) is 12.5. The van der Waals surface area contributed by atoms with E-state index in [1.54, 1.807) is 0 Å². The summed E-state index contributed by atoms with van der Waals surface area (Å²) in [5.74, 6) is -1.78. The predicted octanol–water partition coefficient (Wildman–Crippen LogP) is 11.5. The van der Waals surface area contributed by atoms with Crippen LogP contribution >= 0.6 is 0 Å². The Balaban J connectivity index is 0.000000170. The number of hydrogen-bond acceptors (Lipinski definition) is 4. The van der Waals surface area contributed by atoms with Gasteiger partial charge in [0.15, 0.2) is 0 Å². The molecule has 8 nitrogen and oxygen atoms in total. The van der Waals surface area contributed by atoms with E-state index in [1.165, 1.54) is 0 Å². The zero-order valence-electron chi connectivity index (χ0n) is 37.4. The Kier molecular flexibility index (Phi) is 13.5. The van der Waals surface area contributed by atoms with Crippen LogP contribution < -0.4 is 10.6 Å². The topological polar surface area (TPSA) is 130 Å². The fourth-order valence-corrected chi connectivity index (χ4v) is 9.59. The minimum absolute atomic E-state index is 0.341. The molecule has 68 heavy (non-hydrogen) atoms. The van der Waals surface area contributed by atoms with Crippen LogP contribution in [0.5, 0.6) is 0 Å². The third-order valence-corrected chi connectivity index (χ3v) is 12.8. The van der Waals surface area contributed by atoms with Gasteiger partial charge in [0.2, 0.25) is 0 Å². The smallest absolute Gasteiger partial charge is 0.321 e. The molecule has 6 N–H and O–H groups in total. The van der Waals surface area contributed by atoms with Crippen molar-refractivity contribution in [1.29, 1.82) is 0 Å². The van der Waals surface area contributed by atoms with Gasteiger partial charge in [0, 0.05) is 47.0 Å². The molecule has 0 saturated heterocycles. The maximum absolute atomic E-state index is 12.7. The number of para-hydroxylation sites is 2. The van der Waals surface area contributed by atoms with Crippen molar-refractivity contribution in [3.8, 4) is 0 Å². The summed E-state index contributed by atoms with van der Waals surface area (Å²) in [4.78, 5) is 31.9. The van der Waals surface area contributed by atoms with E-state index in [2.05, 4.69) is 93.4 Å². The lowest BCUT2D eigenvalue weighted by molar-refractivity contribution is -0.140. The number of aliphatic carboxylic acids is 2. The van der Waals surface area contributed by atoms with Crippen LogP contribution in [0.3, 0.4) is 0 Å². The van der Waals surface area contributed by atoms with Crippen LogP contribution in [-0.4, -0.2) is 44.2 Å². The number of H-pyrrole nitrogens is 2. The standard InChI is InChI=1S/2C30H26N2O2/c2*33-29(34)28(20-22-21-31-27-19-11-10-18-26(22)27)32-30(23-12-4-1-5-13-23,24-14-6-2-7-15-24)25-16-8-3-9-17-25/h2*1-19,21,28,31-32H,20H2,(H,33,34)/t28-;/m0./s1. The van der Waals surface area contributed by atoms with E-state index in [1.807, 2.05) is 170 Å². The van der Waals surface area contributed by atoms with Gasteiger partial charge in [0.25, 0.3) is 0 Å². The van der Waals surface area contributed by atoms with Crippen molar-refractivity contribution < 1.29 is 19.8 Å². The summed E-state index contributed by atoms with van der Waals surface area (Å²) >= 11 is 0. The van der Waals surface area contributed by atoms with Gasteiger partial charge in [-0.3, -0.25) is 20.2 Å². The largest absolute Gasteiger partial charge is 0.480 e. The fraction of sp³-hybridized carbons (Fsp3) is 0.100. The molecule has 2 aromatic heterocycles. The van der Waals surface area contributed by atoms with Gasteiger partial charge in [0.1, 0.15) is 12.1 Å². The molecule has 0 spiro atoms. The van der Waals surface area contributed by atoms with Gasteiger partial charge in [-0.25, -0.2) is 0 Å². The number of carboxylic acid groups (broad SMARTS) is 2. The summed E-state index contributed by atoms with van der Waals surface area (Å²) in [5.41, 5.74) is 8.15. The average molecular weight is 893 g/mol. The average Bonchev–Trinajstić information content (AvgIpc) is 4.02. The second-order valence-electron chi connectivity index (χ2n) is 16.9. The number of carboxylic acids is 2. The molecular weight excluding hydrogens is 841 g/mol. The molecule has 0 amide bonds. The maximum Gasteiger partial charge on any atom is 0.321 e. The number of rotatable bonds is 16. The highest BCUT2D eigenvalue weighted by Crippen LogP contribution is 2.39. The third kappa shape index (κ3) is 9.24. The van der Waals surface area contributed by atoms with Gasteiger partial charge in [-0.2, -0.15) is 0 Å². The lowest BCUT2D eigenvalue weighted by Gasteiger charge is -2.39. The molecule has 336 valence electrons. The molecule has 2 heterocycles. The Hall–Kier alpha value is -8.30. The molecule has 0 fully saturated rings. The summed E-state index contributed by atoms with van der Waals surface area (Å²) in [6, 6.07) is 74.7. The third-order valence-electron chi connectivity index (χ3n) is 12.8. The first-order chi connectivity index (χ1) is 33.4. The van der Waals surface area contributed by atoms with E-state index in [0.717, 1.165) is 66.3 Å². The summed E-state index contributed by atoms with van der Waals surface area (Å²) in [5, 5.41) is 30.0. The zero-order chi connectivity index (χ0) is 46.8. The van der Waals surface area contributed by atoms with Crippen molar-refractivity contribution in [2.75, 3.05) is 0 Å². The molecule has 1 unspecified atom stereocenters. The summed E-state index contributed by atoms with van der Waals surface area (Å²) in [7, 11) is 0. The molecule has 0 aliphatic heterocycles. The van der Waals surface area contributed by atoms with Gasteiger partial charge in [-0.15, -0.1) is 0 Å². The predicted molar refractivity (Wildman–Crippen MR) is 272 cm³/mol. The number of hydrogen-bond donors (Lipinski definition) is 6. The lowest BCUT2D eigenvalue weighted by Crippen LogP contribution is -2.53. The van der Waals surface area contributed by atoms with Crippen molar-refractivity contribution in [3.05, 3.63) is 287 Å². The molecular formula is C60H52N4O4. The molecule has 0 bridgehead atoms. The van der Waals surface area contributed by atoms with Crippen LogP contribution in [0, 0.1) is 0 Å². The first-order valence-corrected chi connectivity index (χ1v) is 22.8. The quantitative estimate of drug-likeness (QED) is 0.0536. The van der Waals surface area contributed by atoms with Crippen LogP contribution in [0.15, 0.2) is 243 Å². The molecule has 10 rings (SSSR count). The number of aromatic nitrogens is 2. The molecule has 10 aromatic rings. The highest BCUT2D eigenvalue weighted by molar-refractivity contribution is 5.85. The monoisotopic (exact) mass is 892 g/mol. The van der Waals surface area contributed by atoms with E-state index in [0.29, 0.717) is 12.8 Å². The highest BCUT2D eigenvalue weighted by atomic mass is 16.4. The molecule has 8 aromatic carbocycles. The van der Waals surface area contributed by atoms with Gasteiger partial charge in [-0.1, -0.05) is 218 Å². The number of nitrogens with one attached hydrogen (secondary N) is 4. The second kappa shape index (κ2) is 20.5. The van der Waals surface area contributed by atoms with E-state index in [4.69, 9.17) is 0 Å². The summed E-state index contributed by atoms with van der Waals surface area (Å²) in [6.45, 7) is 0. The summed E-state index contributed by atoms with van der Waals surface area (Å²) in [6.07, 6.45) is 4.51. The number of benzene rings is 8. The van der Waals surface area contributed by atoms with Gasteiger partial charge in [-0.05, 0) is 56.6 Å². The SMILES string of the molecule is O=C(O)C(Cc1c[nH]c2ccccc12)NC(c1ccccc1)(c1ccccc1)c1ccccc1.O=C(O)[C@H](Cc1c[nH]c2ccccc12)NC(c1ccccc1)(c1ccccc1)c1ccccc1. The second-order valence-corrected chi connectivity index (χ2v) is 16.9. The van der Waals surface area contributed by atoms with Crippen LogP contribution in [0.25, 0.3) is 21.8 Å². The Morgan fingerprint density at radius 3 is 0.853 bits per heavy atom. The number of fused-ring (bicyclic) bond motifs is 2. The molecule has 0 aliphatic rings. The molecule has 0 saturated carbocycles. The maximum atomic E-state index is 12.7. The van der Waals surface area contributed by atoms with Crippen molar-refractivity contribution in [1.82, 2.24) is 20.6 Å². The minimum Gasteiger partial charge on any atom is -0.480 e. The van der Waals surface area contributed by atoms with Crippen LogP contribution in [-0.2, 0) is 33.5 Å². The minimum atomic E-state index is -0.891. The first kappa shape index (κ1) is 44.9. The molecule has 2 atom stereocenters. The Morgan fingerprint density at radius 2 is 0.603 bits per heavy atom. The van der Waals surface area contributed by atoms with Crippen LogP contribution in [0.4, 0.5) is 0 Å². The van der Waals surface area contributed by atoms with Crippen molar-refractivity contribution in [2.24, 2.45) is 0 Å². The molecule has 0 radical (unpaired) electrons. The number of carbonyl (C=O) groups is 2. The van der Waals surface area contributed by atoms with Gasteiger partial charge < -0.3 is 20.2 Å². The van der Waals surface area contributed by atoms with Gasteiger partial charge in [0.05, 0.1) is 11.1 Å². The molecule has 0 aliphatic carbocycles.